The van der Waals surface area contributed by atoms with Crippen LogP contribution in [-0.2, 0) is 11.3 Å². The highest BCUT2D eigenvalue weighted by atomic mass is 16.2. The van der Waals surface area contributed by atoms with Crippen molar-refractivity contribution in [1.29, 1.82) is 0 Å². The van der Waals surface area contributed by atoms with Crippen molar-refractivity contribution in [3.63, 3.8) is 0 Å². The maximum Gasteiger partial charge on any atom is 0.224 e. The first kappa shape index (κ1) is 17.5. The summed E-state index contributed by atoms with van der Waals surface area (Å²) in [5, 5.41) is 0. The SMILES string of the molecule is CC[C@@H]1CN(c2cnc3ccccc3n2)CCC(=O)N1Cc1ccccc1. The van der Waals surface area contributed by atoms with Crippen LogP contribution in [0, 0.1) is 0 Å². The molecule has 0 unspecified atom stereocenters. The van der Waals surface area contributed by atoms with E-state index >= 15 is 0 Å². The van der Waals surface area contributed by atoms with Crippen molar-refractivity contribution >= 4 is 22.8 Å². The molecule has 0 bridgehead atoms. The van der Waals surface area contributed by atoms with E-state index in [-0.39, 0.29) is 11.9 Å². The van der Waals surface area contributed by atoms with E-state index in [4.69, 9.17) is 4.98 Å². The van der Waals surface area contributed by atoms with Crippen LogP contribution in [-0.4, -0.2) is 39.9 Å². The zero-order valence-electron chi connectivity index (χ0n) is 15.6. The van der Waals surface area contributed by atoms with E-state index in [0.717, 1.165) is 29.8 Å². The van der Waals surface area contributed by atoms with E-state index in [2.05, 4.69) is 28.9 Å². The maximum atomic E-state index is 12.8. The number of para-hydroxylation sites is 2. The Balaban J connectivity index is 1.58. The van der Waals surface area contributed by atoms with Crippen LogP contribution in [0.25, 0.3) is 11.0 Å². The van der Waals surface area contributed by atoms with Crippen molar-refractivity contribution in [3.8, 4) is 0 Å². The zero-order valence-corrected chi connectivity index (χ0v) is 15.6. The molecule has 1 aromatic heterocycles. The largest absolute Gasteiger partial charge is 0.353 e. The molecule has 5 heteroatoms. The number of hydrogen-bond acceptors (Lipinski definition) is 4. The lowest BCUT2D eigenvalue weighted by Crippen LogP contribution is -2.42. The van der Waals surface area contributed by atoms with E-state index < -0.39 is 0 Å². The smallest absolute Gasteiger partial charge is 0.224 e. The van der Waals surface area contributed by atoms with Crippen molar-refractivity contribution in [2.75, 3.05) is 18.0 Å². The summed E-state index contributed by atoms with van der Waals surface area (Å²) in [6.45, 7) is 4.26. The quantitative estimate of drug-likeness (QED) is 0.713. The maximum absolute atomic E-state index is 12.8. The highest BCUT2D eigenvalue weighted by molar-refractivity contribution is 5.78. The summed E-state index contributed by atoms with van der Waals surface area (Å²) in [6, 6.07) is 18.3. The van der Waals surface area contributed by atoms with E-state index in [9.17, 15) is 4.79 Å². The molecule has 3 aromatic rings. The second-order valence-electron chi connectivity index (χ2n) is 6.98. The summed E-state index contributed by atoms with van der Waals surface area (Å²) in [4.78, 5) is 26.4. The first-order valence-corrected chi connectivity index (χ1v) is 9.54. The van der Waals surface area contributed by atoms with Crippen LogP contribution in [0.2, 0.25) is 0 Å². The van der Waals surface area contributed by atoms with Gasteiger partial charge in [-0.3, -0.25) is 9.78 Å². The lowest BCUT2D eigenvalue weighted by atomic mass is 10.1. The Bertz CT molecular complexity index is 928. The average Bonchev–Trinajstić information content (AvgIpc) is 2.88. The zero-order chi connectivity index (χ0) is 18.6. The molecule has 1 aliphatic rings. The molecule has 0 N–H and O–H groups in total. The number of benzene rings is 2. The van der Waals surface area contributed by atoms with Crippen LogP contribution in [0.15, 0.2) is 60.8 Å². The summed E-state index contributed by atoms with van der Waals surface area (Å²) in [5.41, 5.74) is 2.95. The van der Waals surface area contributed by atoms with Gasteiger partial charge in [-0.1, -0.05) is 49.4 Å². The number of aromatic nitrogens is 2. The van der Waals surface area contributed by atoms with Gasteiger partial charge in [-0.05, 0) is 24.1 Å². The van der Waals surface area contributed by atoms with Gasteiger partial charge in [0.25, 0.3) is 0 Å². The third kappa shape index (κ3) is 3.77. The van der Waals surface area contributed by atoms with Gasteiger partial charge >= 0.3 is 0 Å². The van der Waals surface area contributed by atoms with Gasteiger partial charge in [0.1, 0.15) is 5.82 Å². The van der Waals surface area contributed by atoms with Gasteiger partial charge in [0.15, 0.2) is 0 Å². The highest BCUT2D eigenvalue weighted by Gasteiger charge is 2.29. The van der Waals surface area contributed by atoms with E-state index in [1.807, 2.05) is 53.6 Å². The first-order chi connectivity index (χ1) is 13.2. The number of carbonyl (C=O) groups is 1. The lowest BCUT2D eigenvalue weighted by Gasteiger charge is -2.31. The van der Waals surface area contributed by atoms with Crippen molar-refractivity contribution in [2.45, 2.75) is 32.4 Å². The number of fused-ring (bicyclic) bond motifs is 1. The molecule has 0 radical (unpaired) electrons. The van der Waals surface area contributed by atoms with Crippen molar-refractivity contribution in [1.82, 2.24) is 14.9 Å². The standard InChI is InChI=1S/C22H24N4O/c1-2-18-16-25(21-14-23-19-10-6-7-11-20(19)24-21)13-12-22(27)26(18)15-17-8-4-3-5-9-17/h3-11,14,18H,2,12-13,15-16H2,1H3/t18-/m1/s1. The van der Waals surface area contributed by atoms with Crippen molar-refractivity contribution < 1.29 is 4.79 Å². The van der Waals surface area contributed by atoms with E-state index in [0.29, 0.717) is 19.5 Å². The number of rotatable bonds is 4. The molecular formula is C22H24N4O. The van der Waals surface area contributed by atoms with Crippen LogP contribution in [0.3, 0.4) is 0 Å². The van der Waals surface area contributed by atoms with Gasteiger partial charge in [-0.25, -0.2) is 4.98 Å². The predicted octanol–water partition coefficient (Wildman–Crippen LogP) is 3.65. The fraction of sp³-hybridized carbons (Fsp3) is 0.318. The molecule has 1 saturated heterocycles. The molecule has 5 nitrogen and oxygen atoms in total. The Morgan fingerprint density at radius 1 is 1.04 bits per heavy atom. The molecule has 2 aromatic carbocycles. The number of anilines is 1. The van der Waals surface area contributed by atoms with Crippen LogP contribution >= 0.6 is 0 Å². The molecule has 0 aliphatic carbocycles. The normalized spacial score (nSPS) is 18.0. The lowest BCUT2D eigenvalue weighted by molar-refractivity contribution is -0.133. The van der Waals surface area contributed by atoms with Gasteiger partial charge in [-0.15, -0.1) is 0 Å². The fourth-order valence-electron chi connectivity index (χ4n) is 3.68. The number of carbonyl (C=O) groups excluding carboxylic acids is 1. The summed E-state index contributed by atoms with van der Waals surface area (Å²) in [6.07, 6.45) is 3.24. The third-order valence-corrected chi connectivity index (χ3v) is 5.21. The molecule has 0 saturated carbocycles. The van der Waals surface area contributed by atoms with Gasteiger partial charge in [0.2, 0.25) is 5.91 Å². The molecule has 138 valence electrons. The van der Waals surface area contributed by atoms with Gasteiger partial charge < -0.3 is 9.80 Å². The van der Waals surface area contributed by atoms with E-state index in [1.165, 1.54) is 5.56 Å². The Hall–Kier alpha value is -2.95. The molecule has 2 heterocycles. The fourth-order valence-corrected chi connectivity index (χ4v) is 3.68. The Labute approximate surface area is 159 Å². The minimum absolute atomic E-state index is 0.161. The van der Waals surface area contributed by atoms with Crippen LogP contribution in [0.5, 0.6) is 0 Å². The molecular weight excluding hydrogens is 336 g/mol. The first-order valence-electron chi connectivity index (χ1n) is 9.54. The van der Waals surface area contributed by atoms with Gasteiger partial charge in [-0.2, -0.15) is 0 Å². The summed E-state index contributed by atoms with van der Waals surface area (Å²) in [7, 11) is 0. The minimum atomic E-state index is 0.161. The summed E-state index contributed by atoms with van der Waals surface area (Å²) >= 11 is 0. The van der Waals surface area contributed by atoms with Crippen LogP contribution in [0.1, 0.15) is 25.3 Å². The second kappa shape index (κ2) is 7.74. The molecule has 27 heavy (non-hydrogen) atoms. The predicted molar refractivity (Wildman–Crippen MR) is 107 cm³/mol. The summed E-state index contributed by atoms with van der Waals surface area (Å²) in [5.74, 6) is 1.06. The van der Waals surface area contributed by atoms with E-state index in [1.54, 1.807) is 0 Å². The molecule has 1 aliphatic heterocycles. The second-order valence-corrected chi connectivity index (χ2v) is 6.98. The number of amides is 1. The van der Waals surface area contributed by atoms with Gasteiger partial charge in [0.05, 0.1) is 17.2 Å². The highest BCUT2D eigenvalue weighted by Crippen LogP contribution is 2.22. The van der Waals surface area contributed by atoms with Crippen LogP contribution in [0.4, 0.5) is 5.82 Å². The molecule has 1 fully saturated rings. The minimum Gasteiger partial charge on any atom is -0.353 e. The Kier molecular flexibility index (Phi) is 5.01. The molecule has 4 rings (SSSR count). The molecule has 1 amide bonds. The third-order valence-electron chi connectivity index (χ3n) is 5.21. The monoisotopic (exact) mass is 360 g/mol. The number of hydrogen-bond donors (Lipinski definition) is 0. The summed E-state index contributed by atoms with van der Waals surface area (Å²) < 4.78 is 0. The molecule has 0 spiro atoms. The van der Waals surface area contributed by atoms with Crippen LogP contribution < -0.4 is 4.90 Å². The topological polar surface area (TPSA) is 49.3 Å². The molecule has 1 atom stereocenters. The average molecular weight is 360 g/mol. The van der Waals surface area contributed by atoms with Gasteiger partial charge in [0, 0.05) is 32.1 Å². The van der Waals surface area contributed by atoms with Crippen molar-refractivity contribution in [2.24, 2.45) is 0 Å². The van der Waals surface area contributed by atoms with Crippen molar-refractivity contribution in [3.05, 3.63) is 66.4 Å². The Morgan fingerprint density at radius 3 is 2.56 bits per heavy atom. The number of nitrogens with zero attached hydrogens (tertiary/aromatic N) is 4. The Morgan fingerprint density at radius 2 is 1.78 bits per heavy atom.